The predicted molar refractivity (Wildman–Crippen MR) is 59.2 cm³/mol. The summed E-state index contributed by atoms with van der Waals surface area (Å²) in [7, 11) is 0. The topological polar surface area (TPSA) is 29.1 Å². The molecule has 1 aromatic heterocycles. The number of amides is 1. The van der Waals surface area contributed by atoms with E-state index < -0.39 is 0 Å². The fourth-order valence-corrected chi connectivity index (χ4v) is 2.06. The van der Waals surface area contributed by atoms with Crippen LogP contribution in [0.3, 0.4) is 0 Å². The highest BCUT2D eigenvalue weighted by atomic mass is 79.9. The largest absolute Gasteiger partial charge is 0.348 e. The van der Waals surface area contributed by atoms with Gasteiger partial charge in [-0.2, -0.15) is 0 Å². The van der Waals surface area contributed by atoms with E-state index in [0.29, 0.717) is 11.4 Å². The van der Waals surface area contributed by atoms with E-state index in [1.54, 1.807) is 6.07 Å². The van der Waals surface area contributed by atoms with Gasteiger partial charge in [0.15, 0.2) is 0 Å². The van der Waals surface area contributed by atoms with Crippen LogP contribution in [0.1, 0.15) is 16.6 Å². The van der Waals surface area contributed by atoms with Crippen LogP contribution in [-0.2, 0) is 0 Å². The van der Waals surface area contributed by atoms with Crippen LogP contribution >= 0.6 is 27.3 Å². The second kappa shape index (κ2) is 4.58. The van der Waals surface area contributed by atoms with Crippen LogP contribution in [0.4, 0.5) is 0 Å². The molecule has 1 amide bonds. The molecule has 0 aliphatic carbocycles. The summed E-state index contributed by atoms with van der Waals surface area (Å²) < 4.78 is 0.966. The van der Waals surface area contributed by atoms with Gasteiger partial charge in [0.05, 0.1) is 8.66 Å². The van der Waals surface area contributed by atoms with Gasteiger partial charge >= 0.3 is 0 Å². The highest BCUT2D eigenvalue weighted by molar-refractivity contribution is 9.11. The molecular weight excluding hydrogens is 250 g/mol. The van der Waals surface area contributed by atoms with Gasteiger partial charge in [-0.25, -0.2) is 0 Å². The molecular formula is C9H10BrNOS. The standard InChI is InChI=1S/C9H10BrNOS/c1-6(2)5-11-9(12)7-3-4-8(10)13-7/h3-4H,1,5H2,2H3,(H,11,12). The maximum absolute atomic E-state index is 11.4. The van der Waals surface area contributed by atoms with E-state index >= 15 is 0 Å². The number of thiophene rings is 1. The lowest BCUT2D eigenvalue weighted by atomic mass is 10.3. The van der Waals surface area contributed by atoms with Crippen molar-refractivity contribution in [3.63, 3.8) is 0 Å². The minimum absolute atomic E-state index is 0.0429. The van der Waals surface area contributed by atoms with Crippen LogP contribution in [-0.4, -0.2) is 12.5 Å². The Morgan fingerprint density at radius 1 is 1.69 bits per heavy atom. The predicted octanol–water partition coefficient (Wildman–Crippen LogP) is 2.82. The SMILES string of the molecule is C=C(C)CNC(=O)c1ccc(Br)s1. The van der Waals surface area contributed by atoms with Crippen molar-refractivity contribution in [1.29, 1.82) is 0 Å². The average molecular weight is 260 g/mol. The summed E-state index contributed by atoms with van der Waals surface area (Å²) in [6.07, 6.45) is 0. The highest BCUT2D eigenvalue weighted by Gasteiger charge is 2.06. The Balaban J connectivity index is 2.54. The van der Waals surface area contributed by atoms with Gasteiger partial charge in [-0.05, 0) is 35.0 Å². The van der Waals surface area contributed by atoms with Crippen molar-refractivity contribution in [2.75, 3.05) is 6.54 Å². The minimum Gasteiger partial charge on any atom is -0.348 e. The van der Waals surface area contributed by atoms with Crippen molar-refractivity contribution in [2.24, 2.45) is 0 Å². The van der Waals surface area contributed by atoms with E-state index in [2.05, 4.69) is 27.8 Å². The molecule has 0 spiro atoms. The van der Waals surface area contributed by atoms with Crippen LogP contribution in [0.25, 0.3) is 0 Å². The Hall–Kier alpha value is -0.610. The number of hydrogen-bond donors (Lipinski definition) is 1. The molecule has 1 aromatic rings. The zero-order valence-corrected chi connectivity index (χ0v) is 9.67. The summed E-state index contributed by atoms with van der Waals surface area (Å²) in [5.41, 5.74) is 0.948. The van der Waals surface area contributed by atoms with Gasteiger partial charge in [0, 0.05) is 6.54 Å². The number of rotatable bonds is 3. The molecule has 0 saturated carbocycles. The Kier molecular flexibility index (Phi) is 3.69. The molecule has 2 nitrogen and oxygen atoms in total. The van der Waals surface area contributed by atoms with E-state index in [9.17, 15) is 4.79 Å². The first-order chi connectivity index (χ1) is 6.09. The molecule has 0 saturated heterocycles. The van der Waals surface area contributed by atoms with E-state index in [4.69, 9.17) is 0 Å². The fraction of sp³-hybridized carbons (Fsp3) is 0.222. The van der Waals surface area contributed by atoms with Gasteiger partial charge in [-0.1, -0.05) is 12.2 Å². The van der Waals surface area contributed by atoms with E-state index in [-0.39, 0.29) is 5.91 Å². The van der Waals surface area contributed by atoms with Crippen LogP contribution in [0.15, 0.2) is 28.1 Å². The first kappa shape index (κ1) is 10.5. The van der Waals surface area contributed by atoms with Crippen molar-refractivity contribution in [3.05, 3.63) is 32.9 Å². The van der Waals surface area contributed by atoms with Crippen LogP contribution in [0.5, 0.6) is 0 Å². The molecule has 0 aliphatic heterocycles. The monoisotopic (exact) mass is 259 g/mol. The van der Waals surface area contributed by atoms with Crippen LogP contribution < -0.4 is 5.32 Å². The molecule has 13 heavy (non-hydrogen) atoms. The first-order valence-electron chi connectivity index (χ1n) is 3.77. The van der Waals surface area contributed by atoms with Crippen molar-refractivity contribution in [2.45, 2.75) is 6.92 Å². The van der Waals surface area contributed by atoms with Crippen LogP contribution in [0, 0.1) is 0 Å². The molecule has 0 unspecified atom stereocenters. The number of carbonyl (C=O) groups excluding carboxylic acids is 1. The van der Waals surface area contributed by atoms with Gasteiger partial charge in [-0.15, -0.1) is 11.3 Å². The quantitative estimate of drug-likeness (QED) is 0.832. The summed E-state index contributed by atoms with van der Waals surface area (Å²) in [6.45, 7) is 6.12. The lowest BCUT2D eigenvalue weighted by Crippen LogP contribution is -2.23. The zero-order valence-electron chi connectivity index (χ0n) is 7.26. The number of carbonyl (C=O) groups is 1. The number of halogens is 1. The van der Waals surface area contributed by atoms with Gasteiger partial charge in [0.25, 0.3) is 5.91 Å². The number of hydrogen-bond acceptors (Lipinski definition) is 2. The van der Waals surface area contributed by atoms with Gasteiger partial charge < -0.3 is 5.32 Å². The summed E-state index contributed by atoms with van der Waals surface area (Å²) in [5.74, 6) is -0.0429. The van der Waals surface area contributed by atoms with E-state index in [0.717, 1.165) is 9.36 Å². The lowest BCUT2D eigenvalue weighted by Gasteiger charge is -2.01. The molecule has 1 rings (SSSR count). The fourth-order valence-electron chi connectivity index (χ4n) is 0.755. The zero-order chi connectivity index (χ0) is 9.84. The summed E-state index contributed by atoms with van der Waals surface area (Å²) >= 11 is 4.72. The maximum atomic E-state index is 11.4. The molecule has 0 atom stereocenters. The van der Waals surface area contributed by atoms with E-state index in [1.165, 1.54) is 11.3 Å². The number of nitrogens with one attached hydrogen (secondary N) is 1. The molecule has 0 aliphatic rings. The molecule has 0 fully saturated rings. The Bertz CT molecular complexity index is 332. The highest BCUT2D eigenvalue weighted by Crippen LogP contribution is 2.21. The third kappa shape index (κ3) is 3.32. The molecule has 1 N–H and O–H groups in total. The summed E-state index contributed by atoms with van der Waals surface area (Å²) in [5, 5.41) is 2.76. The molecule has 70 valence electrons. The van der Waals surface area contributed by atoms with Crippen LogP contribution in [0.2, 0.25) is 0 Å². The summed E-state index contributed by atoms with van der Waals surface area (Å²) in [4.78, 5) is 12.1. The normalized spacial score (nSPS) is 9.69. The molecule has 1 heterocycles. The molecule has 0 bridgehead atoms. The average Bonchev–Trinajstić information content (AvgIpc) is 2.47. The third-order valence-corrected chi connectivity index (χ3v) is 2.97. The maximum Gasteiger partial charge on any atom is 0.261 e. The summed E-state index contributed by atoms with van der Waals surface area (Å²) in [6, 6.07) is 3.66. The van der Waals surface area contributed by atoms with Gasteiger partial charge in [0.1, 0.15) is 0 Å². The Morgan fingerprint density at radius 2 is 2.38 bits per heavy atom. The lowest BCUT2D eigenvalue weighted by molar-refractivity contribution is 0.0961. The minimum atomic E-state index is -0.0429. The van der Waals surface area contributed by atoms with Gasteiger partial charge in [0.2, 0.25) is 0 Å². The van der Waals surface area contributed by atoms with Crippen molar-refractivity contribution >= 4 is 33.2 Å². The molecule has 0 aromatic carbocycles. The Labute approximate surface area is 89.8 Å². The second-order valence-electron chi connectivity index (χ2n) is 2.74. The van der Waals surface area contributed by atoms with Crippen molar-refractivity contribution in [3.8, 4) is 0 Å². The van der Waals surface area contributed by atoms with Crippen molar-refractivity contribution in [1.82, 2.24) is 5.32 Å². The molecule has 4 heteroatoms. The molecule has 0 radical (unpaired) electrons. The first-order valence-corrected chi connectivity index (χ1v) is 5.38. The van der Waals surface area contributed by atoms with Crippen molar-refractivity contribution < 1.29 is 4.79 Å². The third-order valence-electron chi connectivity index (χ3n) is 1.35. The Morgan fingerprint density at radius 3 is 2.85 bits per heavy atom. The van der Waals surface area contributed by atoms with E-state index in [1.807, 2.05) is 13.0 Å². The smallest absolute Gasteiger partial charge is 0.261 e. The second-order valence-corrected chi connectivity index (χ2v) is 5.21. The van der Waals surface area contributed by atoms with Gasteiger partial charge in [-0.3, -0.25) is 4.79 Å².